The van der Waals surface area contributed by atoms with E-state index < -0.39 is 12.5 Å². The lowest BCUT2D eigenvalue weighted by atomic mass is 9.92. The Morgan fingerprint density at radius 3 is 2.31 bits per heavy atom. The molecule has 1 N–H and O–H groups in total. The van der Waals surface area contributed by atoms with Crippen molar-refractivity contribution >= 4 is 11.9 Å². The molecule has 0 aliphatic carbocycles. The summed E-state index contributed by atoms with van der Waals surface area (Å²) >= 11 is 0. The fourth-order valence-electron chi connectivity index (χ4n) is 0.742. The van der Waals surface area contributed by atoms with E-state index in [9.17, 15) is 14.1 Å². The third-order valence-corrected chi connectivity index (χ3v) is 1.21. The van der Waals surface area contributed by atoms with Crippen molar-refractivity contribution in [2.45, 2.75) is 27.2 Å². The van der Waals surface area contributed by atoms with E-state index in [1.807, 2.05) is 20.8 Å². The Morgan fingerprint density at radius 1 is 1.38 bits per heavy atom. The zero-order valence-corrected chi connectivity index (χ0v) is 8.02. The minimum atomic E-state index is -1.10. The molecule has 0 bridgehead atoms. The summed E-state index contributed by atoms with van der Waals surface area (Å²) in [5.41, 5.74) is -0.149. The lowest BCUT2D eigenvalue weighted by molar-refractivity contribution is -0.182. The third kappa shape index (κ3) is 7.24. The predicted molar refractivity (Wildman–Crippen MR) is 44.3 cm³/mol. The van der Waals surface area contributed by atoms with E-state index in [4.69, 9.17) is 0 Å². The minimum Gasteiger partial charge on any atom is -0.345 e. The van der Waals surface area contributed by atoms with E-state index in [1.165, 1.54) is 0 Å². The molecule has 0 saturated heterocycles. The van der Waals surface area contributed by atoms with Crippen LogP contribution in [0.1, 0.15) is 27.2 Å². The van der Waals surface area contributed by atoms with Crippen molar-refractivity contribution in [2.75, 3.05) is 6.54 Å². The first-order valence-electron chi connectivity index (χ1n) is 3.93. The Bertz CT molecular complexity index is 198. The average Bonchev–Trinajstić information content (AvgIpc) is 1.97. The fourth-order valence-corrected chi connectivity index (χ4v) is 0.742. The third-order valence-electron chi connectivity index (χ3n) is 1.21. The van der Waals surface area contributed by atoms with Gasteiger partial charge in [0.05, 0.1) is 0 Å². The summed E-state index contributed by atoms with van der Waals surface area (Å²) in [6.07, 6.45) is 0.284. The smallest absolute Gasteiger partial charge is 0.345 e. The van der Waals surface area contributed by atoms with Crippen molar-refractivity contribution in [3.63, 3.8) is 0 Å². The summed E-state index contributed by atoms with van der Waals surface area (Å²) in [6.45, 7) is 5.24. The van der Waals surface area contributed by atoms with E-state index in [2.05, 4.69) is 10.3 Å². The number of rotatable bonds is 3. The van der Waals surface area contributed by atoms with Crippen molar-refractivity contribution in [2.24, 2.45) is 5.41 Å². The summed E-state index contributed by atoms with van der Waals surface area (Å²) in [7, 11) is 0. The Labute approximate surface area is 76.3 Å². The number of halogens is 1. The maximum Gasteiger partial charge on any atom is 0.367 e. The zero-order valence-electron chi connectivity index (χ0n) is 8.02. The number of carbonyl (C=O) groups is 2. The molecule has 0 unspecified atom stereocenters. The molecule has 76 valence electrons. The van der Waals surface area contributed by atoms with Gasteiger partial charge in [0.15, 0.2) is 0 Å². The standard InChI is InChI=1S/C8H14FNO3/c1-8(2,3)4-6(11)10-5-7(12)13-9/h4-5H2,1-3H3,(H,10,11). The number of hydrogen-bond acceptors (Lipinski definition) is 3. The van der Waals surface area contributed by atoms with Gasteiger partial charge in [0.25, 0.3) is 0 Å². The van der Waals surface area contributed by atoms with Crippen LogP contribution < -0.4 is 5.32 Å². The molecule has 0 atom stereocenters. The van der Waals surface area contributed by atoms with E-state index >= 15 is 0 Å². The maximum absolute atomic E-state index is 11.2. The molecule has 0 aliphatic heterocycles. The maximum atomic E-state index is 11.2. The van der Waals surface area contributed by atoms with Crippen LogP contribution in [0.5, 0.6) is 0 Å². The summed E-state index contributed by atoms with van der Waals surface area (Å²) < 4.78 is 11.2. The monoisotopic (exact) mass is 191 g/mol. The molecule has 0 aromatic carbocycles. The molecule has 5 heteroatoms. The van der Waals surface area contributed by atoms with Gasteiger partial charge >= 0.3 is 5.97 Å². The molecular formula is C8H14FNO3. The summed E-state index contributed by atoms with van der Waals surface area (Å²) in [6, 6.07) is 0. The minimum absolute atomic E-state index is 0.149. The molecule has 0 fully saturated rings. The second-order valence-corrected chi connectivity index (χ2v) is 3.96. The van der Waals surface area contributed by atoms with Crippen molar-refractivity contribution in [1.82, 2.24) is 5.32 Å². The van der Waals surface area contributed by atoms with Crippen LogP contribution in [0.15, 0.2) is 0 Å². The first-order valence-corrected chi connectivity index (χ1v) is 3.93. The molecule has 13 heavy (non-hydrogen) atoms. The van der Waals surface area contributed by atoms with Crippen molar-refractivity contribution in [3.05, 3.63) is 0 Å². The van der Waals surface area contributed by atoms with Gasteiger partial charge in [-0.25, -0.2) is 4.79 Å². The molecule has 0 radical (unpaired) electrons. The van der Waals surface area contributed by atoms with Crippen molar-refractivity contribution in [1.29, 1.82) is 0 Å². The van der Waals surface area contributed by atoms with Gasteiger partial charge in [-0.3, -0.25) is 9.74 Å². The Balaban J connectivity index is 3.71. The summed E-state index contributed by atoms with van der Waals surface area (Å²) in [5.74, 6) is -1.39. The van der Waals surface area contributed by atoms with Crippen LogP contribution in [0.2, 0.25) is 0 Å². The quantitative estimate of drug-likeness (QED) is 0.723. The second-order valence-electron chi connectivity index (χ2n) is 3.96. The normalized spacial score (nSPS) is 10.8. The fraction of sp³-hybridized carbons (Fsp3) is 0.750. The van der Waals surface area contributed by atoms with Crippen LogP contribution >= 0.6 is 0 Å². The van der Waals surface area contributed by atoms with Crippen LogP contribution in [0, 0.1) is 5.41 Å². The first-order chi connectivity index (χ1) is 5.85. The van der Waals surface area contributed by atoms with Crippen LogP contribution in [-0.2, 0) is 14.5 Å². The highest BCUT2D eigenvalue weighted by molar-refractivity contribution is 5.81. The van der Waals surface area contributed by atoms with Gasteiger partial charge in [0.1, 0.15) is 6.54 Å². The van der Waals surface area contributed by atoms with E-state index in [-0.39, 0.29) is 17.7 Å². The average molecular weight is 191 g/mol. The first kappa shape index (κ1) is 11.9. The molecule has 0 spiro atoms. The summed E-state index contributed by atoms with van der Waals surface area (Å²) in [4.78, 5) is 24.2. The molecule has 1 amide bonds. The Morgan fingerprint density at radius 2 is 1.92 bits per heavy atom. The largest absolute Gasteiger partial charge is 0.367 e. The van der Waals surface area contributed by atoms with E-state index in [0.717, 1.165) is 0 Å². The van der Waals surface area contributed by atoms with E-state index in [0.29, 0.717) is 0 Å². The highest BCUT2D eigenvalue weighted by Gasteiger charge is 2.16. The van der Waals surface area contributed by atoms with Gasteiger partial charge < -0.3 is 5.32 Å². The predicted octanol–water partition coefficient (Wildman–Crippen LogP) is 0.966. The molecule has 0 aromatic rings. The molecule has 0 saturated carbocycles. The van der Waals surface area contributed by atoms with Crippen molar-refractivity contribution < 1.29 is 19.1 Å². The topological polar surface area (TPSA) is 55.4 Å². The van der Waals surface area contributed by atoms with Crippen LogP contribution in [0.4, 0.5) is 4.53 Å². The number of nitrogens with one attached hydrogen (secondary N) is 1. The van der Waals surface area contributed by atoms with Gasteiger partial charge in [-0.05, 0) is 5.41 Å². The van der Waals surface area contributed by atoms with Crippen molar-refractivity contribution in [3.8, 4) is 0 Å². The molecule has 0 heterocycles. The number of carbonyl (C=O) groups excluding carboxylic acids is 2. The van der Waals surface area contributed by atoms with Gasteiger partial charge in [-0.15, -0.1) is 0 Å². The lowest BCUT2D eigenvalue weighted by Crippen LogP contribution is -2.32. The van der Waals surface area contributed by atoms with E-state index in [1.54, 1.807) is 0 Å². The summed E-state index contributed by atoms with van der Waals surface area (Å²) in [5, 5.41) is 2.24. The Hall–Kier alpha value is -1.13. The van der Waals surface area contributed by atoms with Crippen LogP contribution in [0.25, 0.3) is 0 Å². The van der Waals surface area contributed by atoms with Gasteiger partial charge in [0.2, 0.25) is 5.91 Å². The lowest BCUT2D eigenvalue weighted by Gasteiger charge is -2.16. The molecule has 0 rings (SSSR count). The molecule has 0 aliphatic rings. The zero-order chi connectivity index (χ0) is 10.5. The highest BCUT2D eigenvalue weighted by Crippen LogP contribution is 2.17. The van der Waals surface area contributed by atoms with Gasteiger partial charge in [-0.1, -0.05) is 20.8 Å². The number of amides is 1. The second kappa shape index (κ2) is 4.79. The van der Waals surface area contributed by atoms with Crippen LogP contribution in [0.3, 0.4) is 0 Å². The van der Waals surface area contributed by atoms with Crippen LogP contribution in [-0.4, -0.2) is 18.4 Å². The molecule has 0 aromatic heterocycles. The molecule has 4 nitrogen and oxygen atoms in total. The van der Waals surface area contributed by atoms with Gasteiger partial charge in [0, 0.05) is 10.9 Å². The SMILES string of the molecule is CC(C)(C)CC(=O)NCC(=O)OF. The Kier molecular flexibility index (Phi) is 4.37. The molecular weight excluding hydrogens is 177 g/mol. The highest BCUT2D eigenvalue weighted by atomic mass is 19.3. The number of hydrogen-bond donors (Lipinski definition) is 1. The van der Waals surface area contributed by atoms with Gasteiger partial charge in [-0.2, -0.15) is 0 Å².